The van der Waals surface area contributed by atoms with Gasteiger partial charge in [-0.15, -0.1) is 0 Å². The van der Waals surface area contributed by atoms with E-state index in [0.29, 0.717) is 28.1 Å². The third kappa shape index (κ3) is 5.31. The van der Waals surface area contributed by atoms with Gasteiger partial charge >= 0.3 is 12.1 Å². The highest BCUT2D eigenvalue weighted by Gasteiger charge is 2.31. The van der Waals surface area contributed by atoms with E-state index >= 15 is 0 Å². The summed E-state index contributed by atoms with van der Waals surface area (Å²) in [5.74, 6) is -1.42. The summed E-state index contributed by atoms with van der Waals surface area (Å²) < 4.78 is 15.6. The molecule has 2 amide bonds. The van der Waals surface area contributed by atoms with Crippen molar-refractivity contribution in [1.82, 2.24) is 5.32 Å². The van der Waals surface area contributed by atoms with E-state index in [0.717, 1.165) is 0 Å². The van der Waals surface area contributed by atoms with Crippen LogP contribution in [0.1, 0.15) is 36.7 Å². The Labute approximate surface area is 191 Å². The van der Waals surface area contributed by atoms with E-state index in [1.165, 1.54) is 14.2 Å². The van der Waals surface area contributed by atoms with Crippen molar-refractivity contribution in [3.63, 3.8) is 0 Å². The number of fused-ring (bicyclic) bond motifs is 1. The van der Waals surface area contributed by atoms with Crippen molar-refractivity contribution in [2.45, 2.75) is 38.8 Å². The lowest BCUT2D eigenvalue weighted by atomic mass is 9.95. The van der Waals surface area contributed by atoms with E-state index in [1.54, 1.807) is 57.2 Å². The zero-order valence-electron chi connectivity index (χ0n) is 19.1. The number of anilines is 1. The Morgan fingerprint density at radius 2 is 1.73 bits per heavy atom. The lowest BCUT2D eigenvalue weighted by Gasteiger charge is -2.23. The molecule has 33 heavy (non-hydrogen) atoms. The molecule has 9 nitrogen and oxygen atoms in total. The summed E-state index contributed by atoms with van der Waals surface area (Å²) in [6, 6.07) is 9.26. The zero-order valence-corrected chi connectivity index (χ0v) is 19.1. The minimum atomic E-state index is -0.992. The Bertz CT molecular complexity index is 1120. The molecule has 1 atom stereocenters. The van der Waals surface area contributed by atoms with Crippen LogP contribution in [0.3, 0.4) is 0 Å². The number of hydrogen-bond donors (Lipinski definition) is 2. The number of carbonyl (C=O) groups excluding carboxylic acids is 4. The highest BCUT2D eigenvalue weighted by atomic mass is 16.6. The molecule has 1 heterocycles. The fourth-order valence-electron chi connectivity index (χ4n) is 3.51. The number of benzene rings is 2. The predicted molar refractivity (Wildman–Crippen MR) is 120 cm³/mol. The summed E-state index contributed by atoms with van der Waals surface area (Å²) in [6.45, 7) is 5.16. The molecule has 2 N–H and O–H groups in total. The topological polar surface area (TPSA) is 120 Å². The first-order chi connectivity index (χ1) is 15.5. The number of rotatable bonds is 6. The number of carbonyl (C=O) groups is 4. The van der Waals surface area contributed by atoms with Gasteiger partial charge in [0.15, 0.2) is 0 Å². The van der Waals surface area contributed by atoms with Gasteiger partial charge in [-0.25, -0.2) is 9.59 Å². The molecule has 2 aromatic rings. The molecule has 3 rings (SSSR count). The molecule has 0 saturated carbocycles. The van der Waals surface area contributed by atoms with Crippen molar-refractivity contribution in [3.05, 3.63) is 47.5 Å². The fourth-order valence-corrected chi connectivity index (χ4v) is 3.51. The van der Waals surface area contributed by atoms with Crippen molar-refractivity contribution in [1.29, 1.82) is 0 Å². The Kier molecular flexibility index (Phi) is 6.71. The van der Waals surface area contributed by atoms with Crippen molar-refractivity contribution in [2.24, 2.45) is 0 Å². The summed E-state index contributed by atoms with van der Waals surface area (Å²) >= 11 is 0. The number of Topliss-reactive ketones (excluding diaryl/α,β-unsaturated/α-hetero) is 1. The minimum absolute atomic E-state index is 0.114. The molecule has 0 spiro atoms. The molecule has 9 heteroatoms. The first-order valence-corrected chi connectivity index (χ1v) is 10.3. The number of nitrogens with one attached hydrogen (secondary N) is 2. The number of amides is 2. The van der Waals surface area contributed by atoms with Crippen LogP contribution in [-0.2, 0) is 25.5 Å². The van der Waals surface area contributed by atoms with Crippen LogP contribution in [0.5, 0.6) is 5.75 Å². The van der Waals surface area contributed by atoms with E-state index in [9.17, 15) is 19.2 Å². The van der Waals surface area contributed by atoms with Gasteiger partial charge in [-0.05, 0) is 44.5 Å². The summed E-state index contributed by atoms with van der Waals surface area (Å²) in [6.07, 6.45) is -0.628. The Morgan fingerprint density at radius 3 is 2.36 bits per heavy atom. The molecule has 0 saturated heterocycles. The largest absolute Gasteiger partial charge is 0.496 e. The molecule has 0 aliphatic carbocycles. The Balaban J connectivity index is 1.95. The molecular formula is C24H26N2O7. The maximum Gasteiger partial charge on any atom is 0.408 e. The average Bonchev–Trinajstić information content (AvgIpc) is 3.05. The van der Waals surface area contributed by atoms with Crippen LogP contribution in [0.4, 0.5) is 10.5 Å². The third-order valence-electron chi connectivity index (χ3n) is 4.92. The van der Waals surface area contributed by atoms with E-state index in [2.05, 4.69) is 10.6 Å². The van der Waals surface area contributed by atoms with Gasteiger partial charge in [0, 0.05) is 17.5 Å². The number of ether oxygens (including phenoxy) is 3. The van der Waals surface area contributed by atoms with Crippen LogP contribution in [0, 0.1) is 0 Å². The van der Waals surface area contributed by atoms with Crippen LogP contribution in [-0.4, -0.2) is 49.6 Å². The van der Waals surface area contributed by atoms with Crippen LogP contribution >= 0.6 is 0 Å². The highest BCUT2D eigenvalue weighted by molar-refractivity contribution is 6.52. The van der Waals surface area contributed by atoms with Crippen LogP contribution in [0.2, 0.25) is 0 Å². The van der Waals surface area contributed by atoms with Gasteiger partial charge in [0.25, 0.3) is 11.7 Å². The summed E-state index contributed by atoms with van der Waals surface area (Å²) in [5.41, 5.74) is 1.85. The maximum atomic E-state index is 12.3. The number of alkyl carbamates (subject to hydrolysis) is 1. The fraction of sp³-hybridized carbons (Fsp3) is 0.333. The summed E-state index contributed by atoms with van der Waals surface area (Å²) in [4.78, 5) is 48.5. The normalized spacial score (nSPS) is 13.6. The van der Waals surface area contributed by atoms with Crippen molar-refractivity contribution >= 4 is 29.4 Å². The lowest BCUT2D eigenvalue weighted by molar-refractivity contribution is -0.143. The number of ketones is 1. The first-order valence-electron chi connectivity index (χ1n) is 10.3. The highest BCUT2D eigenvalue weighted by Crippen LogP contribution is 2.39. The predicted octanol–water partition coefficient (Wildman–Crippen LogP) is 3.11. The standard InChI is InChI=1S/C24H26N2O7/c1-24(2,3)33-23(30)25-17(22(29)32-5)12-13-9-10-18(31-4)16(11-13)14-7-6-8-15-19(14)26-21(28)20(15)27/h6-11,17H,12H2,1-5H3,(H,25,30)(H,26,27,28)/t17-/m0/s1. The maximum absolute atomic E-state index is 12.3. The SMILES string of the molecule is COC(=O)[C@H](Cc1ccc(OC)c(-c2cccc3c2NC(=O)C3=O)c1)NC(=O)OC(C)(C)C. The van der Waals surface area contributed by atoms with E-state index in [1.807, 2.05) is 0 Å². The Morgan fingerprint density at radius 1 is 1.03 bits per heavy atom. The number of hydrogen-bond acceptors (Lipinski definition) is 7. The van der Waals surface area contributed by atoms with Gasteiger partial charge in [-0.2, -0.15) is 0 Å². The van der Waals surface area contributed by atoms with E-state index < -0.39 is 35.4 Å². The number of methoxy groups -OCH3 is 2. The summed E-state index contributed by atoms with van der Waals surface area (Å²) in [7, 11) is 2.74. The minimum Gasteiger partial charge on any atom is -0.496 e. The van der Waals surface area contributed by atoms with E-state index in [4.69, 9.17) is 14.2 Å². The van der Waals surface area contributed by atoms with E-state index in [-0.39, 0.29) is 12.0 Å². The molecule has 1 aliphatic rings. The lowest BCUT2D eigenvalue weighted by Crippen LogP contribution is -2.45. The van der Waals surface area contributed by atoms with Crippen molar-refractivity contribution in [2.75, 3.05) is 19.5 Å². The molecule has 0 aromatic heterocycles. The van der Waals surface area contributed by atoms with Gasteiger partial charge in [0.2, 0.25) is 0 Å². The monoisotopic (exact) mass is 454 g/mol. The second kappa shape index (κ2) is 9.32. The molecule has 0 unspecified atom stereocenters. The molecule has 0 radical (unpaired) electrons. The number of esters is 1. The second-order valence-corrected chi connectivity index (χ2v) is 8.47. The molecule has 0 bridgehead atoms. The Hall–Kier alpha value is -3.88. The molecule has 174 valence electrons. The zero-order chi connectivity index (χ0) is 24.3. The molecule has 1 aliphatic heterocycles. The van der Waals surface area contributed by atoms with Crippen LogP contribution in [0.25, 0.3) is 11.1 Å². The van der Waals surface area contributed by atoms with Crippen LogP contribution < -0.4 is 15.4 Å². The van der Waals surface area contributed by atoms with Crippen LogP contribution in [0.15, 0.2) is 36.4 Å². The summed E-state index contributed by atoms with van der Waals surface area (Å²) in [5, 5.41) is 5.15. The second-order valence-electron chi connectivity index (χ2n) is 8.47. The average molecular weight is 454 g/mol. The van der Waals surface area contributed by atoms with Crippen molar-refractivity contribution in [3.8, 4) is 16.9 Å². The van der Waals surface area contributed by atoms with Gasteiger partial charge in [0.1, 0.15) is 17.4 Å². The molecule has 0 fully saturated rings. The smallest absolute Gasteiger partial charge is 0.408 e. The third-order valence-corrected chi connectivity index (χ3v) is 4.92. The van der Waals surface area contributed by atoms with Gasteiger partial charge in [0.05, 0.1) is 25.5 Å². The number of para-hydroxylation sites is 1. The molecular weight excluding hydrogens is 428 g/mol. The van der Waals surface area contributed by atoms with Gasteiger partial charge in [-0.3, -0.25) is 9.59 Å². The van der Waals surface area contributed by atoms with Gasteiger partial charge < -0.3 is 24.8 Å². The van der Waals surface area contributed by atoms with Crippen molar-refractivity contribution < 1.29 is 33.4 Å². The quantitative estimate of drug-likeness (QED) is 0.508. The molecule has 2 aromatic carbocycles. The van der Waals surface area contributed by atoms with Gasteiger partial charge in [-0.1, -0.05) is 18.2 Å². The first kappa shape index (κ1) is 23.8.